The number of benzene rings is 2. The zero-order chi connectivity index (χ0) is 24.3. The first-order chi connectivity index (χ1) is 16.3. The number of carbonyl (C=O) groups is 1. The number of fused-ring (bicyclic) bond motifs is 1. The highest BCUT2D eigenvalue weighted by molar-refractivity contribution is 7.90. The lowest BCUT2D eigenvalue weighted by atomic mass is 9.97. The van der Waals surface area contributed by atoms with Crippen LogP contribution in [0.2, 0.25) is 0 Å². The Morgan fingerprint density at radius 2 is 1.76 bits per heavy atom. The Hall–Kier alpha value is -2.91. The number of methoxy groups -OCH3 is 1. The van der Waals surface area contributed by atoms with E-state index in [1.165, 1.54) is 5.56 Å². The second kappa shape index (κ2) is 10.1. The van der Waals surface area contributed by atoms with Gasteiger partial charge in [0, 0.05) is 38.3 Å². The number of nitrogens with zero attached hydrogens (tertiary/aromatic N) is 3. The average molecular weight is 485 g/mol. The van der Waals surface area contributed by atoms with E-state index in [2.05, 4.69) is 26.7 Å². The van der Waals surface area contributed by atoms with Gasteiger partial charge in [-0.1, -0.05) is 44.5 Å². The molecule has 9 heteroatoms. The molecular weight excluding hydrogens is 452 g/mol. The van der Waals surface area contributed by atoms with Crippen LogP contribution < -0.4 is 9.46 Å². The molecule has 0 aromatic heterocycles. The first-order valence-electron chi connectivity index (χ1n) is 11.7. The number of amidine groups is 1. The van der Waals surface area contributed by atoms with Crippen LogP contribution in [0.4, 0.5) is 0 Å². The van der Waals surface area contributed by atoms with Crippen molar-refractivity contribution in [3.8, 4) is 5.75 Å². The summed E-state index contributed by atoms with van der Waals surface area (Å²) >= 11 is 0. The van der Waals surface area contributed by atoms with Crippen molar-refractivity contribution in [3.63, 3.8) is 0 Å². The highest BCUT2D eigenvalue weighted by atomic mass is 32.2. The quantitative estimate of drug-likeness (QED) is 0.652. The first-order valence-corrected chi connectivity index (χ1v) is 13.1. The maximum atomic E-state index is 13.5. The van der Waals surface area contributed by atoms with Crippen molar-refractivity contribution < 1.29 is 17.9 Å². The zero-order valence-corrected chi connectivity index (χ0v) is 20.7. The zero-order valence-electron chi connectivity index (χ0n) is 19.9. The molecule has 1 fully saturated rings. The highest BCUT2D eigenvalue weighted by Crippen LogP contribution is 2.25. The summed E-state index contributed by atoms with van der Waals surface area (Å²) in [5, 5.41) is 0. The van der Waals surface area contributed by atoms with E-state index in [4.69, 9.17) is 4.74 Å². The summed E-state index contributed by atoms with van der Waals surface area (Å²) in [6.45, 7) is 7.62. The molecule has 8 nitrogen and oxygen atoms in total. The molecule has 1 amide bonds. The van der Waals surface area contributed by atoms with Gasteiger partial charge in [-0.25, -0.2) is 8.42 Å². The predicted octanol–water partition coefficient (Wildman–Crippen LogP) is 2.49. The summed E-state index contributed by atoms with van der Waals surface area (Å²) < 4.78 is 32.7. The van der Waals surface area contributed by atoms with Gasteiger partial charge in [-0.15, -0.1) is 0 Å². The molecule has 1 saturated heterocycles. The van der Waals surface area contributed by atoms with Crippen molar-refractivity contribution in [2.45, 2.75) is 37.8 Å². The van der Waals surface area contributed by atoms with Gasteiger partial charge >= 0.3 is 0 Å². The number of ether oxygens (including phenoxy) is 1. The molecule has 2 atom stereocenters. The van der Waals surface area contributed by atoms with Crippen molar-refractivity contribution in [2.75, 3.05) is 33.3 Å². The molecular formula is C25H32N4O4S. The maximum Gasteiger partial charge on any atom is 0.263 e. The number of hydrogen-bond acceptors (Lipinski definition) is 6. The maximum absolute atomic E-state index is 13.5. The average Bonchev–Trinajstić information content (AvgIpc) is 3.12. The van der Waals surface area contributed by atoms with E-state index in [1.54, 1.807) is 31.4 Å². The predicted molar refractivity (Wildman–Crippen MR) is 131 cm³/mol. The first kappa shape index (κ1) is 24.2. The molecule has 2 heterocycles. The Morgan fingerprint density at radius 3 is 2.41 bits per heavy atom. The van der Waals surface area contributed by atoms with E-state index in [1.807, 2.05) is 30.9 Å². The van der Waals surface area contributed by atoms with Gasteiger partial charge in [-0.3, -0.25) is 19.4 Å². The van der Waals surface area contributed by atoms with Crippen molar-refractivity contribution in [1.29, 1.82) is 0 Å². The van der Waals surface area contributed by atoms with Gasteiger partial charge in [-0.05, 0) is 35.7 Å². The van der Waals surface area contributed by atoms with Gasteiger partial charge in [0.2, 0.25) is 5.91 Å². The van der Waals surface area contributed by atoms with E-state index >= 15 is 0 Å². The molecule has 182 valence electrons. The monoisotopic (exact) mass is 484 g/mol. The number of sulfonamides is 1. The number of rotatable bonds is 7. The number of amides is 1. The Bertz CT molecular complexity index is 1160. The second-order valence-corrected chi connectivity index (χ2v) is 10.5. The van der Waals surface area contributed by atoms with E-state index in [0.717, 1.165) is 31.8 Å². The van der Waals surface area contributed by atoms with Crippen molar-refractivity contribution in [1.82, 2.24) is 14.5 Å². The minimum absolute atomic E-state index is 0.0189. The Labute approximate surface area is 201 Å². The number of piperazine rings is 1. The van der Waals surface area contributed by atoms with Crippen LogP contribution in [-0.2, 0) is 21.4 Å². The van der Waals surface area contributed by atoms with Crippen LogP contribution in [0.5, 0.6) is 5.75 Å². The summed E-state index contributed by atoms with van der Waals surface area (Å²) in [6, 6.07) is 14.1. The summed E-state index contributed by atoms with van der Waals surface area (Å²) in [7, 11) is -1.99. The van der Waals surface area contributed by atoms with Crippen molar-refractivity contribution in [3.05, 3.63) is 59.7 Å². The molecule has 0 spiro atoms. The third-order valence-electron chi connectivity index (χ3n) is 6.62. The minimum atomic E-state index is -3.65. The molecule has 0 aliphatic carbocycles. The van der Waals surface area contributed by atoms with E-state index < -0.39 is 16.1 Å². The summed E-state index contributed by atoms with van der Waals surface area (Å²) in [5.41, 5.74) is 1.73. The summed E-state index contributed by atoms with van der Waals surface area (Å²) in [5.74, 6) is 1.03. The van der Waals surface area contributed by atoms with E-state index in [-0.39, 0.29) is 22.6 Å². The van der Waals surface area contributed by atoms with E-state index in [0.29, 0.717) is 18.7 Å². The summed E-state index contributed by atoms with van der Waals surface area (Å²) in [6.07, 6.45) is 0.763. The SMILES string of the molecule is CC[C@H](C)[C@H](N=C1NS(=O)(=O)c2ccccc21)C(=O)N1CCN(Cc2ccc(OC)cc2)CC1. The second-order valence-electron chi connectivity index (χ2n) is 8.86. The lowest BCUT2D eigenvalue weighted by molar-refractivity contribution is -0.135. The van der Waals surface area contributed by atoms with Crippen molar-refractivity contribution >= 4 is 21.8 Å². The van der Waals surface area contributed by atoms with Crippen LogP contribution in [-0.4, -0.2) is 69.3 Å². The largest absolute Gasteiger partial charge is 0.497 e. The molecule has 4 rings (SSSR count). The lowest BCUT2D eigenvalue weighted by Crippen LogP contribution is -2.52. The van der Waals surface area contributed by atoms with Gasteiger partial charge in [0.15, 0.2) is 0 Å². The Kier molecular flexibility index (Phi) is 7.23. The number of hydrogen-bond donors (Lipinski definition) is 1. The molecule has 2 aliphatic heterocycles. The number of nitrogens with one attached hydrogen (secondary N) is 1. The van der Waals surface area contributed by atoms with E-state index in [9.17, 15) is 13.2 Å². The van der Waals surface area contributed by atoms with Gasteiger partial charge < -0.3 is 9.64 Å². The van der Waals surface area contributed by atoms with Gasteiger partial charge in [0.1, 0.15) is 17.6 Å². The molecule has 1 N–H and O–H groups in total. The summed E-state index contributed by atoms with van der Waals surface area (Å²) in [4.78, 5) is 22.6. The van der Waals surface area contributed by atoms with Crippen LogP contribution in [0.15, 0.2) is 58.4 Å². The molecule has 0 unspecified atom stereocenters. The van der Waals surface area contributed by atoms with Gasteiger partial charge in [-0.2, -0.15) is 0 Å². The molecule has 0 radical (unpaired) electrons. The van der Waals surface area contributed by atoms with Crippen LogP contribution >= 0.6 is 0 Å². The smallest absolute Gasteiger partial charge is 0.263 e. The van der Waals surface area contributed by atoms with Crippen LogP contribution in [0, 0.1) is 5.92 Å². The fourth-order valence-electron chi connectivity index (χ4n) is 4.32. The Morgan fingerprint density at radius 1 is 1.09 bits per heavy atom. The fourth-order valence-corrected chi connectivity index (χ4v) is 5.56. The molecule has 2 aliphatic rings. The molecule has 0 saturated carbocycles. The minimum Gasteiger partial charge on any atom is -0.497 e. The van der Waals surface area contributed by atoms with Crippen molar-refractivity contribution in [2.24, 2.45) is 10.9 Å². The molecule has 34 heavy (non-hydrogen) atoms. The lowest BCUT2D eigenvalue weighted by Gasteiger charge is -2.36. The number of aliphatic imine (C=N–C) groups is 1. The normalized spacial score (nSPS) is 20.4. The third-order valence-corrected chi connectivity index (χ3v) is 8.01. The highest BCUT2D eigenvalue weighted by Gasteiger charge is 2.35. The van der Waals surface area contributed by atoms with Gasteiger partial charge in [0.25, 0.3) is 10.0 Å². The van der Waals surface area contributed by atoms with Crippen LogP contribution in [0.25, 0.3) is 0 Å². The van der Waals surface area contributed by atoms with Crippen LogP contribution in [0.1, 0.15) is 31.4 Å². The Balaban J connectivity index is 1.45. The standard InChI is InChI=1S/C25H32N4O4S/c1-4-18(2)23(26-24-21-7-5-6-8-22(21)34(31,32)27-24)25(30)29-15-13-28(14-16-29)17-19-9-11-20(33-3)12-10-19/h5-12,18,23H,4,13-17H2,1-3H3,(H,26,27)/t18-,23-/m0/s1. The molecule has 2 aromatic rings. The fraction of sp³-hybridized carbons (Fsp3) is 0.440. The van der Waals surface area contributed by atoms with Gasteiger partial charge in [0.05, 0.1) is 12.0 Å². The number of carbonyl (C=O) groups excluding carboxylic acids is 1. The third kappa shape index (κ3) is 5.10. The topological polar surface area (TPSA) is 91.3 Å². The van der Waals surface area contributed by atoms with Crippen LogP contribution in [0.3, 0.4) is 0 Å². The molecule has 0 bridgehead atoms. The molecule has 2 aromatic carbocycles.